The fraction of sp³-hybridized carbons (Fsp3) is 0. The first-order valence-electron chi connectivity index (χ1n) is 18.5. The van der Waals surface area contributed by atoms with Crippen LogP contribution in [0.3, 0.4) is 0 Å². The molecule has 56 heavy (non-hydrogen) atoms. The molecule has 0 radical (unpaired) electrons. The van der Waals surface area contributed by atoms with Crippen LogP contribution in [0.15, 0.2) is 179 Å². The summed E-state index contributed by atoms with van der Waals surface area (Å²) >= 11 is 0. The fourth-order valence-corrected chi connectivity index (χ4v) is 8.09. The largest absolute Gasteiger partial charge is 0.436 e. The average Bonchev–Trinajstić information content (AvgIpc) is 4.04. The summed E-state index contributed by atoms with van der Waals surface area (Å²) in [6.45, 7) is 0. The minimum absolute atomic E-state index is 0.574. The Morgan fingerprint density at radius 2 is 0.786 bits per heavy atom. The van der Waals surface area contributed by atoms with E-state index in [1.54, 1.807) is 0 Å². The van der Waals surface area contributed by atoms with Crippen LogP contribution < -0.4 is 0 Å². The molecule has 8 nitrogen and oxygen atoms in total. The van der Waals surface area contributed by atoms with Crippen LogP contribution in [0.1, 0.15) is 0 Å². The van der Waals surface area contributed by atoms with Crippen molar-refractivity contribution >= 4 is 66.1 Å². The Labute approximate surface area is 318 Å². The lowest BCUT2D eigenvalue weighted by atomic mass is 10.0. The number of fused-ring (bicyclic) bond motifs is 8. The molecule has 0 atom stereocenters. The molecule has 6 heterocycles. The van der Waals surface area contributed by atoms with Crippen LogP contribution in [0, 0.1) is 0 Å². The van der Waals surface area contributed by atoms with E-state index in [1.165, 1.54) is 0 Å². The second-order valence-electron chi connectivity index (χ2n) is 13.9. The van der Waals surface area contributed by atoms with Crippen molar-refractivity contribution < 1.29 is 8.83 Å². The maximum absolute atomic E-state index is 6.25. The Kier molecular flexibility index (Phi) is 6.47. The van der Waals surface area contributed by atoms with Crippen molar-refractivity contribution in [3.8, 4) is 45.4 Å². The molecular formula is C48H28N6O2. The van der Waals surface area contributed by atoms with Crippen LogP contribution >= 0.6 is 0 Å². The standard InChI is InChI=1S/C48H28N6O2/c1-3-9-39-35(7-1)45-41(11-5-25-49-45)53(39)33-19-13-29(14-20-33)47-51-37-27-31(17-23-43(37)55-47)32-18-24-44-38(28-32)52-48(56-44)30-15-21-34(22-16-30)54-40-10-4-2-8-36(40)46-42(54)12-6-26-50-46/h1-28H. The van der Waals surface area contributed by atoms with Crippen molar-refractivity contribution in [2.45, 2.75) is 0 Å². The summed E-state index contributed by atoms with van der Waals surface area (Å²) in [5.74, 6) is 1.15. The van der Waals surface area contributed by atoms with Crippen LogP contribution in [0.5, 0.6) is 0 Å². The Morgan fingerprint density at radius 1 is 0.375 bits per heavy atom. The first-order valence-corrected chi connectivity index (χ1v) is 18.5. The van der Waals surface area contributed by atoms with Gasteiger partial charge in [0, 0.05) is 45.7 Å². The van der Waals surface area contributed by atoms with Crippen molar-refractivity contribution in [2.24, 2.45) is 0 Å². The molecule has 0 saturated heterocycles. The Balaban J connectivity index is 0.835. The number of hydrogen-bond acceptors (Lipinski definition) is 6. The van der Waals surface area contributed by atoms with Gasteiger partial charge in [-0.05, 0) is 120 Å². The summed E-state index contributed by atoms with van der Waals surface area (Å²) in [7, 11) is 0. The van der Waals surface area contributed by atoms with Gasteiger partial charge in [0.05, 0.1) is 33.1 Å². The molecule has 0 bridgehead atoms. The van der Waals surface area contributed by atoms with Gasteiger partial charge in [0.25, 0.3) is 0 Å². The van der Waals surface area contributed by atoms with Crippen LogP contribution in [0.25, 0.3) is 111 Å². The van der Waals surface area contributed by atoms with E-state index < -0.39 is 0 Å². The van der Waals surface area contributed by atoms with Gasteiger partial charge in [-0.1, -0.05) is 48.5 Å². The Morgan fingerprint density at radius 3 is 1.25 bits per heavy atom. The third kappa shape index (κ3) is 4.66. The van der Waals surface area contributed by atoms with Gasteiger partial charge >= 0.3 is 0 Å². The third-order valence-electron chi connectivity index (χ3n) is 10.7. The molecule has 6 aromatic carbocycles. The number of pyridine rings is 2. The molecule has 12 aromatic rings. The van der Waals surface area contributed by atoms with Gasteiger partial charge in [0.1, 0.15) is 11.0 Å². The van der Waals surface area contributed by atoms with E-state index in [1.807, 2.05) is 36.7 Å². The first kappa shape index (κ1) is 30.6. The zero-order valence-corrected chi connectivity index (χ0v) is 29.7. The first-order chi connectivity index (χ1) is 27.7. The molecular weight excluding hydrogens is 693 g/mol. The quantitative estimate of drug-likeness (QED) is 0.176. The summed E-state index contributed by atoms with van der Waals surface area (Å²) in [4.78, 5) is 19.1. The summed E-state index contributed by atoms with van der Waals surface area (Å²) in [5.41, 5.74) is 15.3. The lowest BCUT2D eigenvalue weighted by Crippen LogP contribution is -1.93. The van der Waals surface area contributed by atoms with Gasteiger partial charge in [-0.3, -0.25) is 9.97 Å². The second-order valence-corrected chi connectivity index (χ2v) is 13.9. The number of aromatic nitrogens is 6. The zero-order chi connectivity index (χ0) is 36.7. The molecule has 0 aliphatic carbocycles. The number of nitrogens with zero attached hydrogens (tertiary/aromatic N) is 6. The zero-order valence-electron chi connectivity index (χ0n) is 29.7. The van der Waals surface area contributed by atoms with E-state index in [2.05, 4.69) is 153 Å². The topological polar surface area (TPSA) is 87.7 Å². The summed E-state index contributed by atoms with van der Waals surface area (Å²) in [6, 6.07) is 53.8. The van der Waals surface area contributed by atoms with Gasteiger partial charge in [-0.2, -0.15) is 0 Å². The van der Waals surface area contributed by atoms with E-state index >= 15 is 0 Å². The number of rotatable bonds is 5. The average molecular weight is 721 g/mol. The van der Waals surface area contributed by atoms with Gasteiger partial charge < -0.3 is 18.0 Å². The molecule has 0 aliphatic heterocycles. The van der Waals surface area contributed by atoms with Crippen molar-refractivity contribution in [1.82, 2.24) is 29.1 Å². The number of benzene rings is 6. The van der Waals surface area contributed by atoms with Crippen LogP contribution in [0.2, 0.25) is 0 Å². The van der Waals surface area contributed by atoms with Crippen molar-refractivity contribution in [3.63, 3.8) is 0 Å². The Bertz CT molecular complexity index is 3140. The van der Waals surface area contributed by atoms with Crippen LogP contribution in [-0.4, -0.2) is 29.1 Å². The molecule has 0 N–H and O–H groups in total. The Hall–Kier alpha value is -7.84. The number of hydrogen-bond donors (Lipinski definition) is 0. The molecule has 0 saturated carbocycles. The highest BCUT2D eigenvalue weighted by Gasteiger charge is 2.17. The maximum Gasteiger partial charge on any atom is 0.227 e. The minimum atomic E-state index is 0.574. The molecule has 262 valence electrons. The lowest BCUT2D eigenvalue weighted by Gasteiger charge is -2.08. The maximum atomic E-state index is 6.25. The van der Waals surface area contributed by atoms with E-state index in [0.717, 1.165) is 99.7 Å². The van der Waals surface area contributed by atoms with Crippen LogP contribution in [0.4, 0.5) is 0 Å². The van der Waals surface area contributed by atoms with E-state index in [9.17, 15) is 0 Å². The summed E-state index contributed by atoms with van der Waals surface area (Å²) in [5, 5.41) is 2.26. The SMILES string of the molecule is c1ccc2c(c1)c1ncccc1n2-c1ccc(-c2nc3cc(-c4ccc5oc(-c6ccc(-n7c8ccccc8c8ncccc87)cc6)nc5c4)ccc3o2)cc1. The smallest absolute Gasteiger partial charge is 0.227 e. The van der Waals surface area contributed by atoms with Gasteiger partial charge in [-0.15, -0.1) is 0 Å². The molecule has 0 amide bonds. The predicted octanol–water partition coefficient (Wildman–Crippen LogP) is 12.0. The third-order valence-corrected chi connectivity index (χ3v) is 10.7. The molecule has 0 unspecified atom stereocenters. The molecule has 0 fully saturated rings. The van der Waals surface area contributed by atoms with Gasteiger partial charge in [0.2, 0.25) is 11.8 Å². The predicted molar refractivity (Wildman–Crippen MR) is 222 cm³/mol. The van der Waals surface area contributed by atoms with Gasteiger partial charge in [0.15, 0.2) is 11.2 Å². The molecule has 8 heteroatoms. The second kappa shape index (κ2) is 11.8. The molecule has 12 rings (SSSR count). The van der Waals surface area contributed by atoms with E-state index in [-0.39, 0.29) is 0 Å². The van der Waals surface area contributed by atoms with Crippen molar-refractivity contribution in [1.29, 1.82) is 0 Å². The van der Waals surface area contributed by atoms with Crippen LogP contribution in [-0.2, 0) is 0 Å². The number of para-hydroxylation sites is 2. The van der Waals surface area contributed by atoms with Crippen molar-refractivity contribution in [3.05, 3.63) is 170 Å². The normalized spacial score (nSPS) is 11.9. The highest BCUT2D eigenvalue weighted by atomic mass is 16.4. The summed E-state index contributed by atoms with van der Waals surface area (Å²) in [6.07, 6.45) is 3.69. The van der Waals surface area contributed by atoms with Gasteiger partial charge in [-0.25, -0.2) is 9.97 Å². The summed E-state index contributed by atoms with van der Waals surface area (Å²) < 4.78 is 17.0. The molecule has 6 aromatic heterocycles. The number of oxazole rings is 2. The van der Waals surface area contributed by atoms with E-state index in [0.29, 0.717) is 11.8 Å². The van der Waals surface area contributed by atoms with Crippen molar-refractivity contribution in [2.75, 3.05) is 0 Å². The monoisotopic (exact) mass is 720 g/mol. The fourth-order valence-electron chi connectivity index (χ4n) is 8.09. The molecule has 0 spiro atoms. The lowest BCUT2D eigenvalue weighted by molar-refractivity contribution is 0.619. The van der Waals surface area contributed by atoms with E-state index in [4.69, 9.17) is 18.8 Å². The highest BCUT2D eigenvalue weighted by Crippen LogP contribution is 2.35. The molecule has 0 aliphatic rings. The minimum Gasteiger partial charge on any atom is -0.436 e. The highest BCUT2D eigenvalue weighted by molar-refractivity contribution is 6.08.